The van der Waals surface area contributed by atoms with Gasteiger partial charge in [0.2, 0.25) is 0 Å². The molecule has 2 N–H and O–H groups in total. The van der Waals surface area contributed by atoms with Crippen molar-refractivity contribution in [3.05, 3.63) is 17.0 Å². The van der Waals surface area contributed by atoms with Gasteiger partial charge in [0.25, 0.3) is 0 Å². The molecule has 0 saturated heterocycles. The maximum Gasteiger partial charge on any atom is 0.0715 e. The molecule has 2 heterocycles. The van der Waals surface area contributed by atoms with Crippen LogP contribution in [0.1, 0.15) is 38.8 Å². The Balaban J connectivity index is 2.06. The van der Waals surface area contributed by atoms with E-state index in [0.717, 1.165) is 6.42 Å². The Hall–Kier alpha value is -0.0300. The zero-order chi connectivity index (χ0) is 11.8. The lowest BCUT2D eigenvalue weighted by Gasteiger charge is -2.30. The molecule has 16 heavy (non-hydrogen) atoms. The minimum absolute atomic E-state index is 0.406. The number of thioether (sulfide) groups is 1. The molecular formula is C12H19NOS2. The molecule has 1 aromatic heterocycles. The van der Waals surface area contributed by atoms with Crippen molar-refractivity contribution in [2.45, 2.75) is 48.3 Å². The number of rotatable bonds is 3. The number of fused-ring (bicyclic) bond motifs is 1. The highest BCUT2D eigenvalue weighted by Crippen LogP contribution is 2.43. The minimum atomic E-state index is -0.635. The lowest BCUT2D eigenvalue weighted by atomic mass is 10.0. The summed E-state index contributed by atoms with van der Waals surface area (Å²) in [5, 5.41) is 16.0. The first-order chi connectivity index (χ1) is 7.46. The lowest BCUT2D eigenvalue weighted by molar-refractivity contribution is 0.0758. The van der Waals surface area contributed by atoms with Crippen molar-refractivity contribution < 1.29 is 5.11 Å². The van der Waals surface area contributed by atoms with E-state index in [-0.39, 0.29) is 0 Å². The second-order valence-corrected chi connectivity index (χ2v) is 7.70. The minimum Gasteiger partial charge on any atom is -0.389 e. The molecule has 1 aromatic rings. The molecule has 2 nitrogen and oxygen atoms in total. The Morgan fingerprint density at radius 3 is 3.00 bits per heavy atom. The van der Waals surface area contributed by atoms with Crippen molar-refractivity contribution in [2.75, 3.05) is 6.54 Å². The number of hydrogen-bond donors (Lipinski definition) is 2. The predicted octanol–water partition coefficient (Wildman–Crippen LogP) is 3.03. The van der Waals surface area contributed by atoms with Gasteiger partial charge in [0.05, 0.1) is 9.81 Å². The molecule has 0 saturated carbocycles. The van der Waals surface area contributed by atoms with Crippen LogP contribution in [0, 0.1) is 0 Å². The number of nitrogens with one attached hydrogen (secondary N) is 1. The predicted molar refractivity (Wildman–Crippen MR) is 71.3 cm³/mol. The Morgan fingerprint density at radius 1 is 1.56 bits per heavy atom. The van der Waals surface area contributed by atoms with Gasteiger partial charge >= 0.3 is 0 Å². The quantitative estimate of drug-likeness (QED) is 0.873. The summed E-state index contributed by atoms with van der Waals surface area (Å²) in [6.45, 7) is 6.60. The second kappa shape index (κ2) is 4.69. The monoisotopic (exact) mass is 257 g/mol. The summed E-state index contributed by atoms with van der Waals surface area (Å²) >= 11 is 3.80. The first-order valence-electron chi connectivity index (χ1n) is 5.65. The third kappa shape index (κ3) is 3.00. The van der Waals surface area contributed by atoms with E-state index in [9.17, 15) is 5.11 Å². The Morgan fingerprint density at radius 2 is 2.31 bits per heavy atom. The topological polar surface area (TPSA) is 32.3 Å². The van der Waals surface area contributed by atoms with Gasteiger partial charge < -0.3 is 10.4 Å². The van der Waals surface area contributed by atoms with Crippen LogP contribution in [-0.4, -0.2) is 22.5 Å². The summed E-state index contributed by atoms with van der Waals surface area (Å²) < 4.78 is 1.44. The second-order valence-electron chi connectivity index (χ2n) is 5.07. The highest BCUT2D eigenvalue weighted by molar-refractivity contribution is 8.01. The summed E-state index contributed by atoms with van der Waals surface area (Å²) in [4.78, 5) is 0. The zero-order valence-electron chi connectivity index (χ0n) is 9.99. The molecule has 2 rings (SSSR count). The highest BCUT2D eigenvalue weighted by Gasteiger charge is 2.27. The molecule has 0 bridgehead atoms. The van der Waals surface area contributed by atoms with Crippen LogP contribution < -0.4 is 5.32 Å². The molecule has 1 unspecified atom stereocenters. The van der Waals surface area contributed by atoms with E-state index in [1.54, 1.807) is 0 Å². The van der Waals surface area contributed by atoms with Crippen LogP contribution in [0.2, 0.25) is 0 Å². The van der Waals surface area contributed by atoms with Crippen LogP contribution in [0.5, 0.6) is 0 Å². The summed E-state index contributed by atoms with van der Waals surface area (Å²) in [5.41, 5.74) is 0.779. The van der Waals surface area contributed by atoms with Crippen molar-refractivity contribution >= 4 is 23.1 Å². The molecule has 0 fully saturated rings. The molecule has 90 valence electrons. The standard InChI is InChI=1S/C12H19NOS2/c1-8-6-10(13-7-12(2,3)14)9-4-5-15-11(9)16-8/h4-5,8,10,13-14H,6-7H2,1-3H3/t8-,10?/m0/s1. The van der Waals surface area contributed by atoms with Crippen LogP contribution in [0.25, 0.3) is 0 Å². The van der Waals surface area contributed by atoms with Crippen molar-refractivity contribution in [3.63, 3.8) is 0 Å². The summed E-state index contributed by atoms with van der Waals surface area (Å²) in [6, 6.07) is 2.62. The van der Waals surface area contributed by atoms with Gasteiger partial charge in [-0.25, -0.2) is 0 Å². The first-order valence-corrected chi connectivity index (χ1v) is 7.41. The number of aliphatic hydroxyl groups is 1. The first kappa shape index (κ1) is 12.4. The fourth-order valence-corrected chi connectivity index (χ4v) is 4.48. The Kier molecular flexibility index (Phi) is 3.64. The summed E-state index contributed by atoms with van der Waals surface area (Å²) in [7, 11) is 0. The largest absolute Gasteiger partial charge is 0.389 e. The smallest absolute Gasteiger partial charge is 0.0715 e. The third-order valence-electron chi connectivity index (χ3n) is 2.69. The average molecular weight is 257 g/mol. The molecule has 0 aliphatic carbocycles. The molecule has 2 atom stereocenters. The molecule has 0 radical (unpaired) electrons. The van der Waals surface area contributed by atoms with Crippen molar-refractivity contribution in [1.29, 1.82) is 0 Å². The fraction of sp³-hybridized carbons (Fsp3) is 0.667. The normalized spacial score (nSPS) is 25.5. The van der Waals surface area contributed by atoms with Gasteiger partial charge in [-0.3, -0.25) is 0 Å². The van der Waals surface area contributed by atoms with Gasteiger partial charge in [0.1, 0.15) is 0 Å². The number of thiophene rings is 1. The van der Waals surface area contributed by atoms with Gasteiger partial charge in [-0.05, 0) is 37.3 Å². The van der Waals surface area contributed by atoms with Gasteiger partial charge in [-0.1, -0.05) is 6.92 Å². The summed E-state index contributed by atoms with van der Waals surface area (Å²) in [6.07, 6.45) is 1.14. The van der Waals surface area contributed by atoms with Gasteiger partial charge in [0.15, 0.2) is 0 Å². The van der Waals surface area contributed by atoms with E-state index in [1.165, 1.54) is 9.77 Å². The maximum atomic E-state index is 9.75. The molecule has 1 aliphatic rings. The van der Waals surface area contributed by atoms with Crippen LogP contribution in [-0.2, 0) is 0 Å². The van der Waals surface area contributed by atoms with Crippen LogP contribution >= 0.6 is 23.1 Å². The van der Waals surface area contributed by atoms with E-state index in [0.29, 0.717) is 17.8 Å². The molecule has 0 spiro atoms. The Labute approximate surface area is 105 Å². The van der Waals surface area contributed by atoms with Crippen LogP contribution in [0.3, 0.4) is 0 Å². The van der Waals surface area contributed by atoms with Crippen molar-refractivity contribution in [3.8, 4) is 0 Å². The summed E-state index contributed by atoms with van der Waals surface area (Å²) in [5.74, 6) is 0. The van der Waals surface area contributed by atoms with E-state index < -0.39 is 5.60 Å². The number of hydrogen-bond acceptors (Lipinski definition) is 4. The lowest BCUT2D eigenvalue weighted by Crippen LogP contribution is -2.38. The Bertz CT molecular complexity index is 356. The fourth-order valence-electron chi connectivity index (χ4n) is 1.92. The van der Waals surface area contributed by atoms with Crippen molar-refractivity contribution in [2.24, 2.45) is 0 Å². The van der Waals surface area contributed by atoms with Gasteiger partial charge in [0, 0.05) is 17.8 Å². The maximum absolute atomic E-state index is 9.75. The van der Waals surface area contributed by atoms with E-state index in [1.807, 2.05) is 36.9 Å². The molecule has 1 aliphatic heterocycles. The zero-order valence-corrected chi connectivity index (χ0v) is 11.6. The van der Waals surface area contributed by atoms with E-state index in [4.69, 9.17) is 0 Å². The van der Waals surface area contributed by atoms with Crippen molar-refractivity contribution in [1.82, 2.24) is 5.32 Å². The van der Waals surface area contributed by atoms with Crippen LogP contribution in [0.4, 0.5) is 0 Å². The molecular weight excluding hydrogens is 238 g/mol. The molecule has 4 heteroatoms. The molecule has 0 aromatic carbocycles. The van der Waals surface area contributed by atoms with Gasteiger partial charge in [-0.15, -0.1) is 23.1 Å². The van der Waals surface area contributed by atoms with E-state index >= 15 is 0 Å². The van der Waals surface area contributed by atoms with E-state index in [2.05, 4.69) is 23.7 Å². The SMILES string of the molecule is C[C@H]1CC(NCC(C)(C)O)c2ccsc2S1. The average Bonchev–Trinajstić information content (AvgIpc) is 2.60. The molecule has 0 amide bonds. The third-order valence-corrected chi connectivity index (χ3v) is 5.03. The highest BCUT2D eigenvalue weighted by atomic mass is 32.2. The van der Waals surface area contributed by atoms with Crippen LogP contribution in [0.15, 0.2) is 15.7 Å². The van der Waals surface area contributed by atoms with Gasteiger partial charge in [-0.2, -0.15) is 0 Å².